The van der Waals surface area contributed by atoms with Crippen molar-refractivity contribution in [1.82, 2.24) is 4.98 Å². The van der Waals surface area contributed by atoms with Gasteiger partial charge in [0.05, 0.1) is 22.0 Å². The van der Waals surface area contributed by atoms with Gasteiger partial charge in [0, 0.05) is 8.59 Å². The van der Waals surface area contributed by atoms with E-state index in [0.717, 1.165) is 25.1 Å². The normalized spacial score (nSPS) is 10.4. The molecule has 0 radical (unpaired) electrons. The van der Waals surface area contributed by atoms with E-state index in [2.05, 4.69) is 48.8 Å². The van der Waals surface area contributed by atoms with E-state index in [9.17, 15) is 0 Å². The van der Waals surface area contributed by atoms with E-state index in [1.165, 1.54) is 0 Å². The maximum Gasteiger partial charge on any atom is 0.145 e. The van der Waals surface area contributed by atoms with Crippen molar-refractivity contribution >= 4 is 67.3 Å². The van der Waals surface area contributed by atoms with Crippen molar-refractivity contribution in [2.45, 2.75) is 6.92 Å². The van der Waals surface area contributed by atoms with Crippen LogP contribution < -0.4 is 11.1 Å². The Morgan fingerprint density at radius 2 is 2.17 bits per heavy atom. The van der Waals surface area contributed by atoms with Gasteiger partial charge in [0.1, 0.15) is 5.82 Å². The van der Waals surface area contributed by atoms with Gasteiger partial charge in [0.2, 0.25) is 0 Å². The maximum absolute atomic E-state index is 5.92. The predicted molar refractivity (Wildman–Crippen MR) is 88.5 cm³/mol. The lowest BCUT2D eigenvalue weighted by molar-refractivity contribution is 1.25. The molecule has 0 aliphatic heterocycles. The molecule has 0 fully saturated rings. The van der Waals surface area contributed by atoms with E-state index in [-0.39, 0.29) is 0 Å². The summed E-state index contributed by atoms with van der Waals surface area (Å²) in [6.45, 7) is 1.94. The van der Waals surface area contributed by atoms with Crippen molar-refractivity contribution in [3.8, 4) is 0 Å². The Bertz CT molecular complexity index is 604. The molecular formula is C12H10BrClIN3. The van der Waals surface area contributed by atoms with Crippen LogP contribution in [0.3, 0.4) is 0 Å². The number of nitrogen functional groups attached to an aromatic ring is 1. The van der Waals surface area contributed by atoms with Gasteiger partial charge < -0.3 is 11.1 Å². The van der Waals surface area contributed by atoms with Gasteiger partial charge >= 0.3 is 0 Å². The molecule has 0 aliphatic carbocycles. The zero-order valence-electron chi connectivity index (χ0n) is 9.47. The number of rotatable bonds is 2. The Balaban J connectivity index is 2.37. The highest BCUT2D eigenvalue weighted by Crippen LogP contribution is 2.31. The first-order chi connectivity index (χ1) is 8.49. The largest absolute Gasteiger partial charge is 0.397 e. The van der Waals surface area contributed by atoms with Crippen molar-refractivity contribution in [2.75, 3.05) is 11.1 Å². The minimum Gasteiger partial charge on any atom is -0.397 e. The van der Waals surface area contributed by atoms with E-state index in [1.54, 1.807) is 6.20 Å². The van der Waals surface area contributed by atoms with E-state index >= 15 is 0 Å². The van der Waals surface area contributed by atoms with Crippen LogP contribution in [-0.4, -0.2) is 4.98 Å². The molecule has 0 atom stereocenters. The molecule has 1 heterocycles. The minimum absolute atomic E-state index is 0.665. The first-order valence-corrected chi connectivity index (χ1v) is 7.36. The third kappa shape index (κ3) is 2.89. The lowest BCUT2D eigenvalue weighted by Gasteiger charge is -2.12. The number of aromatic nitrogens is 1. The Morgan fingerprint density at radius 3 is 2.83 bits per heavy atom. The number of nitrogens with zero attached hydrogens (tertiary/aromatic N) is 1. The van der Waals surface area contributed by atoms with Gasteiger partial charge in [-0.05, 0) is 69.2 Å². The van der Waals surface area contributed by atoms with E-state index in [4.69, 9.17) is 17.3 Å². The molecule has 1 aromatic heterocycles. The highest BCUT2D eigenvalue weighted by molar-refractivity contribution is 14.1. The van der Waals surface area contributed by atoms with Crippen LogP contribution in [0.25, 0.3) is 0 Å². The standard InChI is InChI=1S/C12H10BrClIN3/c1-6-9(16)5-17-12(11(6)13)18-10-3-2-7(14)4-8(10)15/h2-5H,16H2,1H3,(H,17,18). The monoisotopic (exact) mass is 437 g/mol. The quantitative estimate of drug-likeness (QED) is 0.667. The third-order valence-corrected chi connectivity index (χ3v) is 4.59. The average Bonchev–Trinajstić information content (AvgIpc) is 2.33. The molecule has 0 aliphatic rings. The van der Waals surface area contributed by atoms with Crippen LogP contribution in [0.4, 0.5) is 17.2 Å². The van der Waals surface area contributed by atoms with Gasteiger partial charge in [0.15, 0.2) is 0 Å². The number of hydrogen-bond acceptors (Lipinski definition) is 3. The lowest BCUT2D eigenvalue weighted by Crippen LogP contribution is -2.00. The second-order valence-electron chi connectivity index (χ2n) is 3.75. The summed E-state index contributed by atoms with van der Waals surface area (Å²) < 4.78 is 1.90. The molecule has 18 heavy (non-hydrogen) atoms. The summed E-state index contributed by atoms with van der Waals surface area (Å²) in [7, 11) is 0. The van der Waals surface area contributed by atoms with Crippen LogP contribution in [0.5, 0.6) is 0 Å². The topological polar surface area (TPSA) is 50.9 Å². The number of hydrogen-bond donors (Lipinski definition) is 2. The highest BCUT2D eigenvalue weighted by atomic mass is 127. The van der Waals surface area contributed by atoms with Crippen LogP contribution in [-0.2, 0) is 0 Å². The summed E-state index contributed by atoms with van der Waals surface area (Å²) in [4.78, 5) is 4.28. The minimum atomic E-state index is 0.665. The van der Waals surface area contributed by atoms with Crippen LogP contribution >= 0.6 is 50.1 Å². The van der Waals surface area contributed by atoms with Crippen LogP contribution in [0, 0.1) is 10.5 Å². The number of nitrogens with two attached hydrogens (primary N) is 1. The summed E-state index contributed by atoms with van der Waals surface area (Å²) >= 11 is 11.6. The van der Waals surface area contributed by atoms with Gasteiger partial charge in [-0.25, -0.2) is 4.98 Å². The Kier molecular flexibility index (Phi) is 4.34. The molecule has 0 amide bonds. The number of benzene rings is 1. The molecule has 0 saturated heterocycles. The van der Waals surface area contributed by atoms with Gasteiger partial charge in [0.25, 0.3) is 0 Å². The van der Waals surface area contributed by atoms with Crippen LogP contribution in [0.15, 0.2) is 28.9 Å². The van der Waals surface area contributed by atoms with Crippen molar-refractivity contribution in [3.05, 3.63) is 43.0 Å². The third-order valence-electron chi connectivity index (χ3n) is 2.49. The fourth-order valence-corrected chi connectivity index (χ4v) is 2.83. The summed E-state index contributed by atoms with van der Waals surface area (Å²) in [6.07, 6.45) is 1.64. The van der Waals surface area contributed by atoms with Gasteiger partial charge in [-0.2, -0.15) is 0 Å². The Morgan fingerprint density at radius 1 is 1.44 bits per heavy atom. The average molecular weight is 438 g/mol. The fourth-order valence-electron chi connectivity index (χ4n) is 1.40. The lowest BCUT2D eigenvalue weighted by atomic mass is 10.2. The summed E-state index contributed by atoms with van der Waals surface area (Å²) in [5.74, 6) is 0.738. The highest BCUT2D eigenvalue weighted by Gasteiger charge is 2.09. The van der Waals surface area contributed by atoms with Gasteiger partial charge in [-0.3, -0.25) is 0 Å². The molecule has 94 valence electrons. The molecule has 0 bridgehead atoms. The van der Waals surface area contributed by atoms with Gasteiger partial charge in [-0.1, -0.05) is 11.6 Å². The molecule has 2 aromatic rings. The number of pyridine rings is 1. The molecule has 0 unspecified atom stereocenters. The molecule has 0 spiro atoms. The van der Waals surface area contributed by atoms with E-state index < -0.39 is 0 Å². The van der Waals surface area contributed by atoms with Gasteiger partial charge in [-0.15, -0.1) is 0 Å². The van der Waals surface area contributed by atoms with E-state index in [0.29, 0.717) is 10.7 Å². The molecular weight excluding hydrogens is 428 g/mol. The first kappa shape index (κ1) is 13.9. The molecule has 3 nitrogen and oxygen atoms in total. The number of nitrogens with one attached hydrogen (secondary N) is 1. The molecule has 1 aromatic carbocycles. The van der Waals surface area contributed by atoms with E-state index in [1.807, 2.05) is 25.1 Å². The molecule has 2 rings (SSSR count). The number of anilines is 3. The SMILES string of the molecule is Cc1c(N)cnc(Nc2ccc(Cl)cc2I)c1Br. The maximum atomic E-state index is 5.92. The summed E-state index contributed by atoms with van der Waals surface area (Å²) in [6, 6.07) is 5.65. The summed E-state index contributed by atoms with van der Waals surface area (Å²) in [5, 5.41) is 3.97. The zero-order chi connectivity index (χ0) is 13.3. The van der Waals surface area contributed by atoms with Crippen molar-refractivity contribution in [2.24, 2.45) is 0 Å². The summed E-state index contributed by atoms with van der Waals surface area (Å²) in [5.41, 5.74) is 8.38. The van der Waals surface area contributed by atoms with Crippen LogP contribution in [0.2, 0.25) is 5.02 Å². The Hall–Kier alpha value is -0.530. The zero-order valence-corrected chi connectivity index (χ0v) is 14.0. The first-order valence-electron chi connectivity index (χ1n) is 5.11. The van der Waals surface area contributed by atoms with Crippen molar-refractivity contribution in [3.63, 3.8) is 0 Å². The fraction of sp³-hybridized carbons (Fsp3) is 0.0833. The molecule has 6 heteroatoms. The second-order valence-corrected chi connectivity index (χ2v) is 6.14. The molecule has 3 N–H and O–H groups in total. The predicted octanol–water partition coefficient (Wildman–Crippen LogP) is 4.74. The van der Waals surface area contributed by atoms with Crippen molar-refractivity contribution in [1.29, 1.82) is 0 Å². The van der Waals surface area contributed by atoms with Crippen LogP contribution in [0.1, 0.15) is 5.56 Å². The second kappa shape index (κ2) is 5.63. The Labute approximate surface area is 132 Å². The number of halogens is 3. The molecule has 0 saturated carbocycles. The smallest absolute Gasteiger partial charge is 0.145 e. The van der Waals surface area contributed by atoms with Crippen molar-refractivity contribution < 1.29 is 0 Å².